The SMILES string of the molecule is CN1C(/C=C/c2ccc(/C=C/c3cnc(C4CCCN4C(=O)OC(C)(C)C)[nH]3)cc2)=CNC1[C@@H]1CCCN1C. The summed E-state index contributed by atoms with van der Waals surface area (Å²) in [6.45, 7) is 7.54. The first-order valence-electron chi connectivity index (χ1n) is 14.1. The summed E-state index contributed by atoms with van der Waals surface area (Å²) < 4.78 is 5.59. The Morgan fingerprint density at radius 2 is 1.69 bits per heavy atom. The Kier molecular flexibility index (Phi) is 7.84. The highest BCUT2D eigenvalue weighted by Crippen LogP contribution is 2.32. The molecule has 3 atom stereocenters. The van der Waals surface area contributed by atoms with Gasteiger partial charge in [-0.05, 0) is 83.3 Å². The number of hydrogen-bond acceptors (Lipinski definition) is 6. The van der Waals surface area contributed by atoms with Gasteiger partial charge in [0.05, 0.1) is 23.6 Å². The summed E-state index contributed by atoms with van der Waals surface area (Å²) in [5, 5.41) is 3.57. The van der Waals surface area contributed by atoms with Gasteiger partial charge in [-0.25, -0.2) is 9.78 Å². The summed E-state index contributed by atoms with van der Waals surface area (Å²) >= 11 is 0. The molecule has 5 rings (SSSR count). The van der Waals surface area contributed by atoms with Crippen LogP contribution in [0.2, 0.25) is 0 Å². The molecule has 3 aliphatic rings. The molecule has 8 nitrogen and oxygen atoms in total. The monoisotopic (exact) mass is 530 g/mol. The second-order valence-corrected chi connectivity index (χ2v) is 11.9. The summed E-state index contributed by atoms with van der Waals surface area (Å²) in [7, 11) is 4.39. The van der Waals surface area contributed by atoms with Crippen LogP contribution in [-0.2, 0) is 4.74 Å². The first-order chi connectivity index (χ1) is 18.7. The van der Waals surface area contributed by atoms with Gasteiger partial charge < -0.3 is 19.9 Å². The number of nitrogens with one attached hydrogen (secondary N) is 2. The molecule has 8 heteroatoms. The Labute approximate surface area is 232 Å². The number of carbonyl (C=O) groups is 1. The van der Waals surface area contributed by atoms with Crippen molar-refractivity contribution in [2.24, 2.45) is 0 Å². The van der Waals surface area contributed by atoms with Crippen molar-refractivity contribution >= 4 is 24.3 Å². The maximum Gasteiger partial charge on any atom is 0.410 e. The molecule has 2 N–H and O–H groups in total. The van der Waals surface area contributed by atoms with Crippen molar-refractivity contribution in [2.75, 3.05) is 27.2 Å². The minimum Gasteiger partial charge on any atom is -0.444 e. The molecule has 2 fully saturated rings. The number of nitrogens with zero attached hydrogens (tertiary/aromatic N) is 4. The number of ether oxygens (including phenoxy) is 1. The second-order valence-electron chi connectivity index (χ2n) is 11.9. The molecule has 0 aliphatic carbocycles. The van der Waals surface area contributed by atoms with Crippen molar-refractivity contribution in [3.05, 3.63) is 71.1 Å². The van der Waals surface area contributed by atoms with Gasteiger partial charge in [-0.1, -0.05) is 36.4 Å². The van der Waals surface area contributed by atoms with Crippen molar-refractivity contribution in [1.29, 1.82) is 0 Å². The lowest BCUT2D eigenvalue weighted by Crippen LogP contribution is -2.49. The van der Waals surface area contributed by atoms with Gasteiger partial charge in [-0.2, -0.15) is 0 Å². The number of aromatic nitrogens is 2. The summed E-state index contributed by atoms with van der Waals surface area (Å²) in [5.41, 5.74) is 3.88. The maximum absolute atomic E-state index is 12.6. The minimum absolute atomic E-state index is 0.0772. The van der Waals surface area contributed by atoms with E-state index in [2.05, 4.69) is 87.9 Å². The third-order valence-corrected chi connectivity index (χ3v) is 7.82. The molecule has 1 aromatic carbocycles. The third kappa shape index (κ3) is 6.38. The highest BCUT2D eigenvalue weighted by Gasteiger charge is 2.35. The molecule has 3 aliphatic heterocycles. The number of likely N-dealkylation sites (tertiary alicyclic amines) is 2. The Bertz CT molecular complexity index is 1240. The van der Waals surface area contributed by atoms with Crippen LogP contribution in [0.25, 0.3) is 18.2 Å². The predicted octanol–water partition coefficient (Wildman–Crippen LogP) is 5.46. The Balaban J connectivity index is 1.16. The summed E-state index contributed by atoms with van der Waals surface area (Å²) in [6.07, 6.45) is 16.8. The number of amides is 1. The van der Waals surface area contributed by atoms with Crippen LogP contribution < -0.4 is 5.32 Å². The lowest BCUT2D eigenvalue weighted by Gasteiger charge is -2.33. The van der Waals surface area contributed by atoms with E-state index in [0.717, 1.165) is 35.5 Å². The highest BCUT2D eigenvalue weighted by molar-refractivity contribution is 5.70. The van der Waals surface area contributed by atoms with Gasteiger partial charge >= 0.3 is 6.09 Å². The summed E-state index contributed by atoms with van der Waals surface area (Å²) in [5.74, 6) is 0.806. The number of allylic oxidation sites excluding steroid dienone is 1. The van der Waals surface area contributed by atoms with Crippen LogP contribution in [-0.4, -0.2) is 75.8 Å². The average Bonchev–Trinajstić information content (AvgIpc) is 3.69. The quantitative estimate of drug-likeness (QED) is 0.516. The largest absolute Gasteiger partial charge is 0.444 e. The van der Waals surface area contributed by atoms with Gasteiger partial charge in [-0.15, -0.1) is 0 Å². The lowest BCUT2D eigenvalue weighted by molar-refractivity contribution is 0.0218. The van der Waals surface area contributed by atoms with Crippen LogP contribution in [0, 0.1) is 0 Å². The van der Waals surface area contributed by atoms with E-state index in [9.17, 15) is 4.79 Å². The van der Waals surface area contributed by atoms with Crippen molar-refractivity contribution in [3.63, 3.8) is 0 Å². The first-order valence-corrected chi connectivity index (χ1v) is 14.1. The molecule has 0 spiro atoms. The number of rotatable bonds is 6. The molecular weight excluding hydrogens is 488 g/mol. The van der Waals surface area contributed by atoms with Gasteiger partial charge in [0.25, 0.3) is 0 Å². The molecule has 208 valence electrons. The molecule has 0 bridgehead atoms. The molecule has 1 amide bonds. The molecule has 0 radical (unpaired) electrons. The van der Waals surface area contributed by atoms with Crippen LogP contribution in [0.1, 0.15) is 75.1 Å². The Morgan fingerprint density at radius 1 is 1.00 bits per heavy atom. The van der Waals surface area contributed by atoms with Gasteiger partial charge in [0.1, 0.15) is 17.6 Å². The Hall–Kier alpha value is -3.52. The fourth-order valence-electron chi connectivity index (χ4n) is 5.70. The summed E-state index contributed by atoms with van der Waals surface area (Å²) in [4.78, 5) is 27.2. The van der Waals surface area contributed by atoms with E-state index in [-0.39, 0.29) is 12.1 Å². The van der Waals surface area contributed by atoms with Gasteiger partial charge in [0.15, 0.2) is 0 Å². The number of benzene rings is 1. The average molecular weight is 531 g/mol. The zero-order chi connectivity index (χ0) is 27.6. The van der Waals surface area contributed by atoms with Gasteiger partial charge in [-0.3, -0.25) is 9.80 Å². The number of aromatic amines is 1. The standard InChI is InChI=1S/C31H42N6O2/c1-31(2,3)39-30(38)37-19-7-8-26(37)28-32-20-24(34-28)16-14-22-10-12-23(13-11-22)15-17-25-21-33-29(36(25)5)27-9-6-18-35(27)4/h10-17,20-21,26-27,29,33H,6-9,18-19H2,1-5H3,(H,32,34)/b16-14+,17-15+/t26?,27-,29?/m0/s1. The number of imidazole rings is 1. The van der Waals surface area contributed by atoms with Gasteiger partial charge in [0.2, 0.25) is 0 Å². The number of likely N-dealkylation sites (N-methyl/N-ethyl adjacent to an activating group) is 2. The molecule has 0 saturated carbocycles. The smallest absolute Gasteiger partial charge is 0.410 e. The number of H-pyrrole nitrogens is 1. The van der Waals surface area contributed by atoms with E-state index in [1.54, 1.807) is 4.90 Å². The summed E-state index contributed by atoms with van der Waals surface area (Å²) in [6, 6.07) is 8.99. The molecule has 2 unspecified atom stereocenters. The van der Waals surface area contributed by atoms with E-state index in [4.69, 9.17) is 4.74 Å². The minimum atomic E-state index is -0.511. The number of hydrogen-bond donors (Lipinski definition) is 2. The zero-order valence-corrected chi connectivity index (χ0v) is 23.9. The Morgan fingerprint density at radius 3 is 2.36 bits per heavy atom. The normalized spacial score (nSPS) is 24.2. The third-order valence-electron chi connectivity index (χ3n) is 7.82. The van der Waals surface area contributed by atoms with Crippen LogP contribution in [0.4, 0.5) is 4.79 Å². The van der Waals surface area contributed by atoms with Crippen LogP contribution in [0.3, 0.4) is 0 Å². The van der Waals surface area contributed by atoms with Crippen LogP contribution in [0.15, 0.2) is 48.4 Å². The van der Waals surface area contributed by atoms with Crippen molar-refractivity contribution in [3.8, 4) is 0 Å². The zero-order valence-electron chi connectivity index (χ0n) is 23.9. The lowest BCUT2D eigenvalue weighted by atomic mass is 10.1. The molecule has 2 saturated heterocycles. The maximum atomic E-state index is 12.6. The van der Waals surface area contributed by atoms with E-state index >= 15 is 0 Å². The van der Waals surface area contributed by atoms with Crippen molar-refractivity contribution in [2.45, 2.75) is 70.3 Å². The molecule has 2 aromatic rings. The van der Waals surface area contributed by atoms with E-state index < -0.39 is 5.60 Å². The fraction of sp³-hybridized carbons (Fsp3) is 0.484. The van der Waals surface area contributed by atoms with Gasteiger partial charge in [0, 0.05) is 25.8 Å². The van der Waals surface area contributed by atoms with Crippen LogP contribution >= 0.6 is 0 Å². The van der Waals surface area contributed by atoms with E-state index in [0.29, 0.717) is 18.8 Å². The van der Waals surface area contributed by atoms with Crippen molar-refractivity contribution < 1.29 is 9.53 Å². The molecule has 1 aromatic heterocycles. The molecule has 4 heterocycles. The van der Waals surface area contributed by atoms with Crippen LogP contribution in [0.5, 0.6) is 0 Å². The van der Waals surface area contributed by atoms with E-state index in [1.807, 2.05) is 33.0 Å². The van der Waals surface area contributed by atoms with E-state index in [1.165, 1.54) is 25.1 Å². The fourth-order valence-corrected chi connectivity index (χ4v) is 5.70. The first kappa shape index (κ1) is 27.1. The number of carbonyl (C=O) groups excluding carboxylic acids is 1. The molecular formula is C31H42N6O2. The molecule has 39 heavy (non-hydrogen) atoms. The second kappa shape index (κ2) is 11.3. The predicted molar refractivity (Wildman–Crippen MR) is 156 cm³/mol. The highest BCUT2D eigenvalue weighted by atomic mass is 16.6. The topological polar surface area (TPSA) is 76.7 Å². The van der Waals surface area contributed by atoms with Crippen molar-refractivity contribution in [1.82, 2.24) is 30.0 Å².